The molecular weight excluding hydrogens is 226 g/mol. The first kappa shape index (κ1) is 17.4. The molecule has 0 rings (SSSR count). The summed E-state index contributed by atoms with van der Waals surface area (Å²) in [5.74, 6) is 0. The molecule has 0 amide bonds. The van der Waals surface area contributed by atoms with E-state index in [-0.39, 0.29) is 0 Å². The van der Waals surface area contributed by atoms with Crippen molar-refractivity contribution in [3.8, 4) is 0 Å². The molecule has 0 spiro atoms. The van der Waals surface area contributed by atoms with Gasteiger partial charge in [-0.05, 0) is 20.8 Å². The zero-order valence-corrected chi connectivity index (χ0v) is 10.5. The van der Waals surface area contributed by atoms with Gasteiger partial charge in [0.25, 0.3) is 0 Å². The molecule has 0 aromatic heterocycles. The number of hydrogen-bond donors (Lipinski definition) is 0. The highest BCUT2D eigenvalue weighted by atomic mass is 31.2. The van der Waals surface area contributed by atoms with E-state index in [1.54, 1.807) is 0 Å². The van der Waals surface area contributed by atoms with E-state index in [4.69, 9.17) is 0 Å². The quantitative estimate of drug-likeness (QED) is 0.289. The molecular formula is C9H20BF4P. The van der Waals surface area contributed by atoms with Crippen LogP contribution < -0.4 is 0 Å². The van der Waals surface area contributed by atoms with Gasteiger partial charge in [0.2, 0.25) is 0 Å². The Hall–Kier alpha value is -0.0451. The molecule has 0 N–H and O–H groups in total. The first-order valence-corrected chi connectivity index (χ1v) is 7.61. The fourth-order valence-electron chi connectivity index (χ4n) is 1.33. The third-order valence-electron chi connectivity index (χ3n) is 2.53. The SMILES string of the molecule is C=CC[P+](CC)(CC)CC.F[B-](F)(F)F. The van der Waals surface area contributed by atoms with E-state index in [9.17, 15) is 17.3 Å². The van der Waals surface area contributed by atoms with Gasteiger partial charge >= 0.3 is 7.25 Å². The molecule has 0 aliphatic carbocycles. The summed E-state index contributed by atoms with van der Waals surface area (Å²) in [7, 11) is -6.56. The van der Waals surface area contributed by atoms with Crippen molar-refractivity contribution in [1.29, 1.82) is 0 Å². The van der Waals surface area contributed by atoms with Crippen molar-refractivity contribution in [2.24, 2.45) is 0 Å². The lowest BCUT2D eigenvalue weighted by Gasteiger charge is -2.21. The highest BCUT2D eigenvalue weighted by Crippen LogP contribution is 2.57. The highest BCUT2D eigenvalue weighted by molar-refractivity contribution is 7.75. The molecule has 0 fully saturated rings. The van der Waals surface area contributed by atoms with Crippen LogP contribution in [-0.2, 0) is 0 Å². The maximum Gasteiger partial charge on any atom is 0.673 e. The predicted molar refractivity (Wildman–Crippen MR) is 63.8 cm³/mol. The zero-order valence-electron chi connectivity index (χ0n) is 9.65. The van der Waals surface area contributed by atoms with Gasteiger partial charge in [0, 0.05) is 7.26 Å². The second-order valence-corrected chi connectivity index (χ2v) is 8.20. The summed E-state index contributed by atoms with van der Waals surface area (Å²) < 4.78 is 39.0. The smallest absolute Gasteiger partial charge is 0.418 e. The molecule has 0 radical (unpaired) electrons. The number of allylic oxidation sites excluding steroid dienone is 1. The van der Waals surface area contributed by atoms with E-state index in [0.717, 1.165) is 0 Å². The Morgan fingerprint density at radius 2 is 1.27 bits per heavy atom. The summed E-state index contributed by atoms with van der Waals surface area (Å²) in [4.78, 5) is 0. The van der Waals surface area contributed by atoms with Crippen molar-refractivity contribution in [2.75, 3.05) is 24.6 Å². The standard InChI is InChI=1S/C9H20P.BF4/c1-5-9-10(6-2,7-3)8-4;2-1(3,4)5/h5H,1,6-9H2,2-4H3;/q+1;-1. The van der Waals surface area contributed by atoms with Gasteiger partial charge < -0.3 is 17.3 Å². The number of rotatable bonds is 5. The Kier molecular flexibility index (Phi) is 9.43. The normalized spacial score (nSPS) is 11.7. The first-order valence-electron chi connectivity index (χ1n) is 5.08. The Morgan fingerprint density at radius 3 is 1.33 bits per heavy atom. The second kappa shape index (κ2) is 8.15. The third-order valence-corrected chi connectivity index (χ3v) is 7.59. The summed E-state index contributed by atoms with van der Waals surface area (Å²) in [6.45, 7) is 10.8. The van der Waals surface area contributed by atoms with Gasteiger partial charge in [-0.1, -0.05) is 12.7 Å². The van der Waals surface area contributed by atoms with Crippen LogP contribution in [0.5, 0.6) is 0 Å². The Balaban J connectivity index is 0. The summed E-state index contributed by atoms with van der Waals surface area (Å²) in [5.41, 5.74) is 0. The van der Waals surface area contributed by atoms with Crippen molar-refractivity contribution in [1.82, 2.24) is 0 Å². The Bertz CT molecular complexity index is 152. The summed E-state index contributed by atoms with van der Waals surface area (Å²) in [6.07, 6.45) is 7.57. The van der Waals surface area contributed by atoms with Crippen LogP contribution in [0.25, 0.3) is 0 Å². The number of halogens is 4. The molecule has 0 unspecified atom stereocenters. The summed E-state index contributed by atoms with van der Waals surface area (Å²) >= 11 is 0. The van der Waals surface area contributed by atoms with E-state index < -0.39 is 14.5 Å². The topological polar surface area (TPSA) is 0 Å². The zero-order chi connectivity index (χ0) is 12.5. The predicted octanol–water partition coefficient (Wildman–Crippen LogP) is 4.55. The van der Waals surface area contributed by atoms with Crippen LogP contribution in [0.1, 0.15) is 20.8 Å². The van der Waals surface area contributed by atoms with E-state index in [0.29, 0.717) is 0 Å². The van der Waals surface area contributed by atoms with E-state index >= 15 is 0 Å². The van der Waals surface area contributed by atoms with Gasteiger partial charge in [-0.25, -0.2) is 0 Å². The van der Waals surface area contributed by atoms with Crippen LogP contribution in [0.4, 0.5) is 17.3 Å². The maximum atomic E-state index is 9.75. The largest absolute Gasteiger partial charge is 0.673 e. The number of hydrogen-bond acceptors (Lipinski definition) is 0. The first-order chi connectivity index (χ1) is 6.74. The second-order valence-electron chi connectivity index (χ2n) is 3.26. The lowest BCUT2D eigenvalue weighted by atomic mass is 10.3. The average molecular weight is 246 g/mol. The van der Waals surface area contributed by atoms with Crippen molar-refractivity contribution < 1.29 is 17.3 Å². The summed E-state index contributed by atoms with van der Waals surface area (Å²) in [6, 6.07) is 0. The van der Waals surface area contributed by atoms with Crippen molar-refractivity contribution in [2.45, 2.75) is 20.8 Å². The van der Waals surface area contributed by atoms with Gasteiger partial charge in [0.1, 0.15) is 0 Å². The third kappa shape index (κ3) is 11.9. The lowest BCUT2D eigenvalue weighted by molar-refractivity contribution is 0.368. The molecule has 0 saturated heterocycles. The van der Waals surface area contributed by atoms with Gasteiger partial charge in [0.05, 0.1) is 24.6 Å². The average Bonchev–Trinajstić information content (AvgIpc) is 2.12. The minimum atomic E-state index is -6.00. The summed E-state index contributed by atoms with van der Waals surface area (Å²) in [5, 5.41) is 0. The lowest BCUT2D eigenvalue weighted by Crippen LogP contribution is -2.05. The maximum absolute atomic E-state index is 9.75. The minimum Gasteiger partial charge on any atom is -0.418 e. The van der Waals surface area contributed by atoms with E-state index in [1.165, 1.54) is 24.6 Å². The van der Waals surface area contributed by atoms with Gasteiger partial charge in [-0.3, -0.25) is 0 Å². The van der Waals surface area contributed by atoms with Gasteiger partial charge in [-0.15, -0.1) is 0 Å². The van der Waals surface area contributed by atoms with Crippen LogP contribution in [0.3, 0.4) is 0 Å². The van der Waals surface area contributed by atoms with Crippen LogP contribution in [-0.4, -0.2) is 31.9 Å². The minimum absolute atomic E-state index is 0.557. The molecule has 0 atom stereocenters. The highest BCUT2D eigenvalue weighted by Gasteiger charge is 2.28. The van der Waals surface area contributed by atoms with Crippen LogP contribution in [0, 0.1) is 0 Å². The molecule has 0 aromatic rings. The van der Waals surface area contributed by atoms with E-state index in [1.807, 2.05) is 0 Å². The fourth-order valence-corrected chi connectivity index (χ4v) is 4.00. The molecule has 92 valence electrons. The molecule has 15 heavy (non-hydrogen) atoms. The van der Waals surface area contributed by atoms with Crippen LogP contribution in [0.15, 0.2) is 12.7 Å². The van der Waals surface area contributed by atoms with Gasteiger partial charge in [-0.2, -0.15) is 0 Å². The molecule has 0 aromatic carbocycles. The van der Waals surface area contributed by atoms with Crippen LogP contribution >= 0.6 is 7.26 Å². The van der Waals surface area contributed by atoms with Crippen molar-refractivity contribution in [3.63, 3.8) is 0 Å². The molecule has 0 bridgehead atoms. The Labute approximate surface area is 90.6 Å². The monoisotopic (exact) mass is 246 g/mol. The molecule has 0 heterocycles. The van der Waals surface area contributed by atoms with E-state index in [2.05, 4.69) is 33.4 Å². The Morgan fingerprint density at radius 1 is 1.00 bits per heavy atom. The van der Waals surface area contributed by atoms with Crippen molar-refractivity contribution >= 4 is 14.5 Å². The fraction of sp³-hybridized carbons (Fsp3) is 0.778. The molecule has 0 nitrogen and oxygen atoms in total. The van der Waals surface area contributed by atoms with Gasteiger partial charge in [0.15, 0.2) is 0 Å². The molecule has 0 aliphatic rings. The molecule has 0 aliphatic heterocycles. The molecule has 0 saturated carbocycles. The molecule has 6 heteroatoms. The van der Waals surface area contributed by atoms with Crippen molar-refractivity contribution in [3.05, 3.63) is 12.7 Å². The van der Waals surface area contributed by atoms with Crippen LogP contribution in [0.2, 0.25) is 0 Å².